The van der Waals surface area contributed by atoms with Crippen molar-refractivity contribution in [2.75, 3.05) is 26.2 Å². The van der Waals surface area contributed by atoms with Crippen LogP contribution in [-0.2, 0) is 19.5 Å². The number of nitriles is 1. The number of ether oxygens (including phenoxy) is 1. The van der Waals surface area contributed by atoms with Crippen LogP contribution in [0.5, 0.6) is 5.75 Å². The van der Waals surface area contributed by atoms with E-state index >= 15 is 0 Å². The van der Waals surface area contributed by atoms with Crippen LogP contribution in [0.4, 0.5) is 0 Å². The van der Waals surface area contributed by atoms with Crippen molar-refractivity contribution in [1.82, 2.24) is 10.2 Å². The maximum Gasteiger partial charge on any atom is 0.119 e. The highest BCUT2D eigenvalue weighted by Gasteiger charge is 2.14. The number of hydrogen-bond acceptors (Lipinski definition) is 4. The maximum absolute atomic E-state index is 8.56. The van der Waals surface area contributed by atoms with Crippen LogP contribution in [0.1, 0.15) is 36.0 Å². The zero-order chi connectivity index (χ0) is 18.7. The van der Waals surface area contributed by atoms with E-state index in [1.165, 1.54) is 29.7 Å². The summed E-state index contributed by atoms with van der Waals surface area (Å²) in [5, 5.41) is 12.1. The lowest BCUT2D eigenvalue weighted by molar-refractivity contribution is 0.250. The number of hydrogen-bond donors (Lipinski definition) is 1. The van der Waals surface area contributed by atoms with E-state index in [-0.39, 0.29) is 0 Å². The number of benzene rings is 2. The Hall–Kier alpha value is -2.35. The Morgan fingerprint density at radius 2 is 1.96 bits per heavy atom. The largest absolute Gasteiger partial charge is 0.494 e. The fourth-order valence-electron chi connectivity index (χ4n) is 3.49. The quantitative estimate of drug-likeness (QED) is 0.650. The molecule has 4 heteroatoms. The maximum atomic E-state index is 8.56. The fraction of sp³-hybridized carbons (Fsp3) is 0.435. The van der Waals surface area contributed by atoms with Crippen LogP contribution in [0.2, 0.25) is 0 Å². The molecule has 0 unspecified atom stereocenters. The Bertz CT molecular complexity index is 753. The van der Waals surface area contributed by atoms with Crippen molar-refractivity contribution < 1.29 is 4.74 Å². The molecule has 0 aromatic heterocycles. The summed E-state index contributed by atoms with van der Waals surface area (Å²) in [5.74, 6) is 0.888. The summed E-state index contributed by atoms with van der Waals surface area (Å²) in [6.45, 7) is 5.87. The predicted octanol–water partition coefficient (Wildman–Crippen LogP) is 3.91. The number of unbranched alkanes of at least 4 members (excludes halogenated alkanes) is 1. The highest BCUT2D eigenvalue weighted by Crippen LogP contribution is 2.18. The average Bonchev–Trinajstić information content (AvgIpc) is 2.71. The highest BCUT2D eigenvalue weighted by molar-refractivity contribution is 5.29. The molecular formula is C23H29N3O. The standard InChI is InChI=1S/C23H29N3O/c24-12-3-4-16-27-23-10-5-7-20(17-23)18-25-13-6-14-26-15-11-21-8-1-2-9-22(21)19-26/h1-2,5,7-10,17,25H,3-4,6,11,13-16,18-19H2. The van der Waals surface area contributed by atoms with Gasteiger partial charge in [-0.15, -0.1) is 0 Å². The minimum atomic E-state index is 0.545. The highest BCUT2D eigenvalue weighted by atomic mass is 16.5. The molecule has 0 fully saturated rings. The summed E-state index contributed by atoms with van der Waals surface area (Å²) < 4.78 is 5.70. The Morgan fingerprint density at radius 1 is 1.07 bits per heavy atom. The molecule has 1 aliphatic rings. The topological polar surface area (TPSA) is 48.3 Å². The van der Waals surface area contributed by atoms with Gasteiger partial charge in [0.1, 0.15) is 5.75 Å². The lowest BCUT2D eigenvalue weighted by Gasteiger charge is -2.28. The lowest BCUT2D eigenvalue weighted by Crippen LogP contribution is -2.32. The average molecular weight is 364 g/mol. The van der Waals surface area contributed by atoms with Crippen molar-refractivity contribution in [3.8, 4) is 11.8 Å². The Labute approximate surface area is 162 Å². The third-order valence-corrected chi connectivity index (χ3v) is 4.97. The number of nitrogens with zero attached hydrogens (tertiary/aromatic N) is 2. The molecule has 142 valence electrons. The Balaban J connectivity index is 1.32. The lowest BCUT2D eigenvalue weighted by atomic mass is 10.00. The first-order valence-corrected chi connectivity index (χ1v) is 9.94. The third kappa shape index (κ3) is 6.39. The van der Waals surface area contributed by atoms with Crippen molar-refractivity contribution in [1.29, 1.82) is 5.26 Å². The molecule has 1 aliphatic heterocycles. The fourth-order valence-corrected chi connectivity index (χ4v) is 3.49. The van der Waals surface area contributed by atoms with Gasteiger partial charge in [-0.2, -0.15) is 5.26 Å². The molecule has 1 N–H and O–H groups in total. The molecule has 0 bridgehead atoms. The molecule has 0 saturated carbocycles. The van der Waals surface area contributed by atoms with E-state index in [4.69, 9.17) is 10.00 Å². The van der Waals surface area contributed by atoms with Gasteiger partial charge < -0.3 is 10.1 Å². The van der Waals surface area contributed by atoms with Crippen LogP contribution in [-0.4, -0.2) is 31.1 Å². The van der Waals surface area contributed by atoms with Gasteiger partial charge >= 0.3 is 0 Å². The second-order valence-electron chi connectivity index (χ2n) is 7.08. The first-order chi connectivity index (χ1) is 13.3. The smallest absolute Gasteiger partial charge is 0.119 e. The van der Waals surface area contributed by atoms with Gasteiger partial charge in [0.2, 0.25) is 0 Å². The van der Waals surface area contributed by atoms with E-state index < -0.39 is 0 Å². The van der Waals surface area contributed by atoms with Crippen LogP contribution in [0.25, 0.3) is 0 Å². The van der Waals surface area contributed by atoms with E-state index in [1.54, 1.807) is 0 Å². The molecular weight excluding hydrogens is 334 g/mol. The molecule has 0 saturated heterocycles. The van der Waals surface area contributed by atoms with Crippen LogP contribution < -0.4 is 10.1 Å². The molecule has 27 heavy (non-hydrogen) atoms. The molecule has 2 aromatic carbocycles. The zero-order valence-electron chi connectivity index (χ0n) is 16.0. The van der Waals surface area contributed by atoms with Crippen LogP contribution in [0, 0.1) is 11.3 Å². The van der Waals surface area contributed by atoms with Crippen LogP contribution in [0.15, 0.2) is 48.5 Å². The molecule has 0 radical (unpaired) electrons. The summed E-state index contributed by atoms with van der Waals surface area (Å²) in [5.41, 5.74) is 4.24. The van der Waals surface area contributed by atoms with E-state index in [0.29, 0.717) is 13.0 Å². The van der Waals surface area contributed by atoms with Crippen molar-refractivity contribution in [3.63, 3.8) is 0 Å². The molecule has 2 aromatic rings. The van der Waals surface area contributed by atoms with Gasteiger partial charge in [0.15, 0.2) is 0 Å². The van der Waals surface area contributed by atoms with E-state index in [2.05, 4.69) is 52.7 Å². The van der Waals surface area contributed by atoms with Gasteiger partial charge in [-0.3, -0.25) is 4.90 Å². The molecule has 4 nitrogen and oxygen atoms in total. The van der Waals surface area contributed by atoms with Gasteiger partial charge in [0.05, 0.1) is 12.7 Å². The van der Waals surface area contributed by atoms with Crippen molar-refractivity contribution in [2.45, 2.75) is 38.8 Å². The number of nitrogens with one attached hydrogen (secondary N) is 1. The third-order valence-electron chi connectivity index (χ3n) is 4.97. The summed E-state index contributed by atoms with van der Waals surface area (Å²) in [6, 6.07) is 19.2. The Kier molecular flexibility index (Phi) is 7.70. The molecule has 0 atom stereocenters. The normalized spacial score (nSPS) is 13.7. The Morgan fingerprint density at radius 3 is 2.85 bits per heavy atom. The van der Waals surface area contributed by atoms with Gasteiger partial charge in [-0.25, -0.2) is 0 Å². The molecule has 0 amide bonds. The van der Waals surface area contributed by atoms with Gasteiger partial charge in [-0.05, 0) is 61.2 Å². The van der Waals surface area contributed by atoms with E-state index in [9.17, 15) is 0 Å². The SMILES string of the molecule is N#CCCCOc1cccc(CNCCCN2CCc3ccccc3C2)c1. The van der Waals surface area contributed by atoms with E-state index in [0.717, 1.165) is 44.8 Å². The first-order valence-electron chi connectivity index (χ1n) is 9.94. The van der Waals surface area contributed by atoms with Gasteiger partial charge in [-0.1, -0.05) is 36.4 Å². The molecule has 0 spiro atoms. The zero-order valence-corrected chi connectivity index (χ0v) is 16.0. The van der Waals surface area contributed by atoms with Crippen molar-refractivity contribution in [3.05, 3.63) is 65.2 Å². The predicted molar refractivity (Wildman–Crippen MR) is 109 cm³/mol. The van der Waals surface area contributed by atoms with E-state index in [1.807, 2.05) is 12.1 Å². The summed E-state index contributed by atoms with van der Waals surface area (Å²) in [7, 11) is 0. The molecule has 1 heterocycles. The van der Waals surface area contributed by atoms with Crippen molar-refractivity contribution >= 4 is 0 Å². The second-order valence-corrected chi connectivity index (χ2v) is 7.08. The van der Waals surface area contributed by atoms with Gasteiger partial charge in [0.25, 0.3) is 0 Å². The minimum Gasteiger partial charge on any atom is -0.494 e. The minimum absolute atomic E-state index is 0.545. The summed E-state index contributed by atoms with van der Waals surface area (Å²) >= 11 is 0. The summed E-state index contributed by atoms with van der Waals surface area (Å²) in [6.07, 6.45) is 3.65. The van der Waals surface area contributed by atoms with Crippen molar-refractivity contribution in [2.24, 2.45) is 0 Å². The second kappa shape index (κ2) is 10.7. The van der Waals surface area contributed by atoms with Crippen LogP contribution in [0.3, 0.4) is 0 Å². The monoisotopic (exact) mass is 363 g/mol. The first kappa shape index (κ1) is 19.4. The number of fused-ring (bicyclic) bond motifs is 1. The molecule has 0 aliphatic carbocycles. The van der Waals surface area contributed by atoms with Crippen LogP contribution >= 0.6 is 0 Å². The van der Waals surface area contributed by atoms with Gasteiger partial charge in [0, 0.05) is 26.1 Å². The summed E-state index contributed by atoms with van der Waals surface area (Å²) in [4.78, 5) is 2.56. The molecule has 3 rings (SSSR count). The number of rotatable bonds is 10.